The molecule has 0 saturated carbocycles. The quantitative estimate of drug-likeness (QED) is 0.888. The van der Waals surface area contributed by atoms with Gasteiger partial charge in [-0.25, -0.2) is 8.78 Å². The predicted octanol–water partition coefficient (Wildman–Crippen LogP) is 4.02. The molecule has 2 aromatic rings. The molecule has 2 nitrogen and oxygen atoms in total. The van der Waals surface area contributed by atoms with Crippen molar-refractivity contribution in [2.75, 3.05) is 0 Å². The van der Waals surface area contributed by atoms with Crippen LogP contribution in [0.4, 0.5) is 8.78 Å². The lowest BCUT2D eigenvalue weighted by molar-refractivity contribution is -0.121. The van der Waals surface area contributed by atoms with E-state index in [0.29, 0.717) is 0 Å². The monoisotopic (exact) mass is 303 g/mol. The van der Waals surface area contributed by atoms with Gasteiger partial charge in [0.2, 0.25) is 5.91 Å². The lowest BCUT2D eigenvalue weighted by Gasteiger charge is -2.23. The standard InChI is InChI=1S/C18H19F2NO/c1-12(2)18(14-5-9-16(20)10-6-14)21-17(22)11-13-3-7-15(19)8-4-13/h3-10,12,18H,11H2,1-2H3,(H,21,22). The van der Waals surface area contributed by atoms with Crippen molar-refractivity contribution in [1.29, 1.82) is 0 Å². The Bertz CT molecular complexity index is 621. The molecular weight excluding hydrogens is 284 g/mol. The first-order chi connectivity index (χ1) is 10.5. The summed E-state index contributed by atoms with van der Waals surface area (Å²) >= 11 is 0. The summed E-state index contributed by atoms with van der Waals surface area (Å²) in [5.74, 6) is -0.600. The van der Waals surface area contributed by atoms with E-state index in [1.54, 1.807) is 24.3 Å². The second-order valence-corrected chi connectivity index (χ2v) is 5.64. The van der Waals surface area contributed by atoms with Crippen LogP contribution in [-0.2, 0) is 11.2 Å². The first-order valence-electron chi connectivity index (χ1n) is 7.25. The molecule has 1 atom stereocenters. The molecule has 4 heteroatoms. The third kappa shape index (κ3) is 4.38. The summed E-state index contributed by atoms with van der Waals surface area (Å²) in [4.78, 5) is 12.2. The molecule has 0 aromatic heterocycles. The van der Waals surface area contributed by atoms with Crippen LogP contribution >= 0.6 is 0 Å². The Hall–Kier alpha value is -2.23. The second-order valence-electron chi connectivity index (χ2n) is 5.64. The summed E-state index contributed by atoms with van der Waals surface area (Å²) in [7, 11) is 0. The number of hydrogen-bond donors (Lipinski definition) is 1. The predicted molar refractivity (Wildman–Crippen MR) is 82.2 cm³/mol. The Morgan fingerprint density at radius 1 is 0.955 bits per heavy atom. The van der Waals surface area contributed by atoms with E-state index in [-0.39, 0.29) is 35.9 Å². The molecule has 0 bridgehead atoms. The number of hydrogen-bond acceptors (Lipinski definition) is 1. The minimum Gasteiger partial charge on any atom is -0.349 e. The summed E-state index contributed by atoms with van der Waals surface area (Å²) < 4.78 is 25.9. The van der Waals surface area contributed by atoms with Crippen molar-refractivity contribution in [3.05, 3.63) is 71.3 Å². The van der Waals surface area contributed by atoms with Crippen LogP contribution in [0.1, 0.15) is 31.0 Å². The van der Waals surface area contributed by atoms with Crippen molar-refractivity contribution >= 4 is 5.91 Å². The number of rotatable bonds is 5. The van der Waals surface area contributed by atoms with Gasteiger partial charge >= 0.3 is 0 Å². The maximum atomic E-state index is 13.0. The molecule has 1 unspecified atom stereocenters. The topological polar surface area (TPSA) is 29.1 Å². The van der Waals surface area contributed by atoms with E-state index < -0.39 is 0 Å². The second kappa shape index (κ2) is 7.16. The molecule has 0 aliphatic rings. The van der Waals surface area contributed by atoms with Gasteiger partial charge in [-0.15, -0.1) is 0 Å². The lowest BCUT2D eigenvalue weighted by atomic mass is 9.95. The van der Waals surface area contributed by atoms with Crippen molar-refractivity contribution in [3.63, 3.8) is 0 Å². The average molecular weight is 303 g/mol. The van der Waals surface area contributed by atoms with Gasteiger partial charge in [0.1, 0.15) is 11.6 Å². The Morgan fingerprint density at radius 3 is 1.95 bits per heavy atom. The van der Waals surface area contributed by atoms with Gasteiger partial charge in [0, 0.05) is 0 Å². The molecule has 0 spiro atoms. The van der Waals surface area contributed by atoms with Gasteiger partial charge in [-0.2, -0.15) is 0 Å². The molecule has 0 aliphatic heterocycles. The largest absolute Gasteiger partial charge is 0.349 e. The van der Waals surface area contributed by atoms with Gasteiger partial charge in [-0.1, -0.05) is 38.1 Å². The Morgan fingerprint density at radius 2 is 1.45 bits per heavy atom. The normalized spacial score (nSPS) is 12.2. The summed E-state index contributed by atoms with van der Waals surface area (Å²) in [6, 6.07) is 11.8. The summed E-state index contributed by atoms with van der Waals surface area (Å²) in [5.41, 5.74) is 1.62. The molecule has 2 rings (SSSR count). The molecule has 0 radical (unpaired) electrons. The van der Waals surface area contributed by atoms with Crippen molar-refractivity contribution < 1.29 is 13.6 Å². The highest BCUT2D eigenvalue weighted by atomic mass is 19.1. The van der Waals surface area contributed by atoms with Crippen LogP contribution in [0.3, 0.4) is 0 Å². The van der Waals surface area contributed by atoms with Gasteiger partial charge in [0.05, 0.1) is 12.5 Å². The van der Waals surface area contributed by atoms with Crippen molar-refractivity contribution in [1.82, 2.24) is 5.32 Å². The first-order valence-corrected chi connectivity index (χ1v) is 7.25. The van der Waals surface area contributed by atoms with Crippen LogP contribution in [0.2, 0.25) is 0 Å². The van der Waals surface area contributed by atoms with E-state index in [2.05, 4.69) is 5.32 Å². The number of amides is 1. The average Bonchev–Trinajstić information content (AvgIpc) is 2.48. The lowest BCUT2D eigenvalue weighted by Crippen LogP contribution is -2.32. The number of halogens is 2. The molecule has 2 aromatic carbocycles. The van der Waals surface area contributed by atoms with Gasteiger partial charge in [0.25, 0.3) is 0 Å². The van der Waals surface area contributed by atoms with Crippen LogP contribution in [0.25, 0.3) is 0 Å². The molecular formula is C18H19F2NO. The molecule has 22 heavy (non-hydrogen) atoms. The molecule has 0 saturated heterocycles. The SMILES string of the molecule is CC(C)C(NC(=O)Cc1ccc(F)cc1)c1ccc(F)cc1. The minimum atomic E-state index is -0.324. The summed E-state index contributed by atoms with van der Waals surface area (Å²) in [6.07, 6.45) is 0.185. The van der Waals surface area contributed by atoms with E-state index >= 15 is 0 Å². The molecule has 1 amide bonds. The minimum absolute atomic E-state index is 0.144. The number of carbonyl (C=O) groups excluding carboxylic acids is 1. The molecule has 116 valence electrons. The first kappa shape index (κ1) is 16.1. The highest BCUT2D eigenvalue weighted by molar-refractivity contribution is 5.79. The summed E-state index contributed by atoms with van der Waals surface area (Å²) in [5, 5.41) is 2.96. The Kier molecular flexibility index (Phi) is 5.26. The van der Waals surface area contributed by atoms with E-state index in [1.165, 1.54) is 24.3 Å². The number of nitrogens with one attached hydrogen (secondary N) is 1. The van der Waals surface area contributed by atoms with Crippen molar-refractivity contribution in [2.45, 2.75) is 26.3 Å². The third-order valence-electron chi connectivity index (χ3n) is 3.49. The maximum Gasteiger partial charge on any atom is 0.224 e. The van der Waals surface area contributed by atoms with Crippen LogP contribution in [0.15, 0.2) is 48.5 Å². The molecule has 1 N–H and O–H groups in total. The van der Waals surface area contributed by atoms with Gasteiger partial charge in [-0.3, -0.25) is 4.79 Å². The maximum absolute atomic E-state index is 13.0. The Labute approximate surface area is 129 Å². The van der Waals surface area contributed by atoms with Gasteiger partial charge < -0.3 is 5.32 Å². The Balaban J connectivity index is 2.05. The summed E-state index contributed by atoms with van der Waals surface area (Å²) in [6.45, 7) is 3.98. The van der Waals surface area contributed by atoms with Crippen LogP contribution in [0, 0.1) is 17.6 Å². The smallest absolute Gasteiger partial charge is 0.224 e. The highest BCUT2D eigenvalue weighted by Gasteiger charge is 2.18. The molecule has 0 aliphatic carbocycles. The van der Waals surface area contributed by atoms with E-state index in [9.17, 15) is 13.6 Å². The number of carbonyl (C=O) groups is 1. The fourth-order valence-corrected chi connectivity index (χ4v) is 2.32. The van der Waals surface area contributed by atoms with Gasteiger partial charge in [-0.05, 0) is 41.3 Å². The van der Waals surface area contributed by atoms with Crippen molar-refractivity contribution in [2.24, 2.45) is 5.92 Å². The van der Waals surface area contributed by atoms with Gasteiger partial charge in [0.15, 0.2) is 0 Å². The van der Waals surface area contributed by atoms with Crippen molar-refractivity contribution in [3.8, 4) is 0 Å². The third-order valence-corrected chi connectivity index (χ3v) is 3.49. The number of benzene rings is 2. The highest BCUT2D eigenvalue weighted by Crippen LogP contribution is 2.22. The van der Waals surface area contributed by atoms with Crippen LogP contribution in [0.5, 0.6) is 0 Å². The fourth-order valence-electron chi connectivity index (χ4n) is 2.32. The zero-order chi connectivity index (χ0) is 16.1. The van der Waals surface area contributed by atoms with Crippen LogP contribution in [-0.4, -0.2) is 5.91 Å². The van der Waals surface area contributed by atoms with E-state index in [4.69, 9.17) is 0 Å². The molecule has 0 heterocycles. The molecule has 0 fully saturated rings. The fraction of sp³-hybridized carbons (Fsp3) is 0.278. The zero-order valence-electron chi connectivity index (χ0n) is 12.6. The zero-order valence-corrected chi connectivity index (χ0v) is 12.6. The van der Waals surface area contributed by atoms with E-state index in [1.807, 2.05) is 13.8 Å². The van der Waals surface area contributed by atoms with Crippen LogP contribution < -0.4 is 5.32 Å². The van der Waals surface area contributed by atoms with E-state index in [0.717, 1.165) is 11.1 Å².